The lowest BCUT2D eigenvalue weighted by atomic mass is 9.61. The van der Waals surface area contributed by atoms with Gasteiger partial charge in [-0.1, -0.05) is 47.5 Å². The van der Waals surface area contributed by atoms with Crippen LogP contribution in [0.1, 0.15) is 92.9 Å². The van der Waals surface area contributed by atoms with Crippen molar-refractivity contribution in [2.24, 2.45) is 28.6 Å². The fourth-order valence-electron chi connectivity index (χ4n) is 6.70. The van der Waals surface area contributed by atoms with E-state index in [0.717, 1.165) is 31.1 Å². The van der Waals surface area contributed by atoms with Gasteiger partial charge in [0.1, 0.15) is 0 Å². The summed E-state index contributed by atoms with van der Waals surface area (Å²) in [6, 6.07) is 0. The molecule has 3 rings (SSSR count). The third-order valence-electron chi connectivity index (χ3n) is 8.36. The third kappa shape index (κ3) is 5.41. The van der Waals surface area contributed by atoms with Crippen molar-refractivity contribution in [2.45, 2.75) is 131 Å². The van der Waals surface area contributed by atoms with Gasteiger partial charge in [0.2, 0.25) is 6.29 Å². The largest absolute Gasteiger partial charge is 0.433 e. The second-order valence-electron chi connectivity index (χ2n) is 13.3. The van der Waals surface area contributed by atoms with E-state index in [1.807, 2.05) is 6.92 Å². The summed E-state index contributed by atoms with van der Waals surface area (Å²) in [6.45, 7) is 20.1. The number of ether oxygens (including phenoxy) is 2. The lowest BCUT2D eigenvalue weighted by Crippen LogP contribution is -2.46. The zero-order valence-electron chi connectivity index (χ0n) is 21.7. The number of hydrogen-bond donors (Lipinski definition) is 0. The second-order valence-corrected chi connectivity index (χ2v) is 17.7. The zero-order valence-corrected chi connectivity index (χ0v) is 22.7. The van der Waals surface area contributed by atoms with E-state index in [-0.39, 0.29) is 11.4 Å². The zero-order chi connectivity index (χ0) is 23.2. The maximum absolute atomic E-state index is 12.5. The minimum atomic E-state index is -1.51. The minimum absolute atomic E-state index is 0.188. The van der Waals surface area contributed by atoms with Gasteiger partial charge in [-0.25, -0.2) is 4.79 Å². The van der Waals surface area contributed by atoms with Gasteiger partial charge in [-0.05, 0) is 88.3 Å². The Morgan fingerprint density at radius 1 is 1.16 bits per heavy atom. The fourth-order valence-corrected chi connectivity index (χ4v) is 7.89. The quantitative estimate of drug-likeness (QED) is 0.310. The molecule has 0 bridgehead atoms. The highest BCUT2D eigenvalue weighted by atomic mass is 28.4. The van der Waals surface area contributed by atoms with Crippen LogP contribution in [-0.2, 0) is 18.7 Å². The third-order valence-corrected chi connectivity index (χ3v) is 9.37. The normalized spacial score (nSPS) is 40.0. The Morgan fingerprint density at radius 2 is 1.84 bits per heavy atom. The number of carbonyl (C=O) groups is 1. The average Bonchev–Trinajstić information content (AvgIpc) is 3.11. The number of fused-ring (bicyclic) bond motifs is 1. The first-order chi connectivity index (χ1) is 14.2. The van der Waals surface area contributed by atoms with Crippen molar-refractivity contribution < 1.29 is 18.7 Å². The fraction of sp³-hybridized carbons (Fsp3) is 0.962. The predicted molar refractivity (Wildman–Crippen MR) is 128 cm³/mol. The summed E-state index contributed by atoms with van der Waals surface area (Å²) in [5.41, 5.74) is -0.573. The molecule has 5 heteroatoms. The van der Waals surface area contributed by atoms with Crippen molar-refractivity contribution in [3.05, 3.63) is 0 Å². The highest BCUT2D eigenvalue weighted by Gasteiger charge is 2.54. The molecule has 3 aliphatic rings. The van der Waals surface area contributed by atoms with Crippen molar-refractivity contribution in [1.29, 1.82) is 0 Å². The molecule has 2 aliphatic carbocycles. The molecule has 0 aromatic rings. The lowest BCUT2D eigenvalue weighted by molar-refractivity contribution is -0.155. The molecule has 1 aliphatic heterocycles. The standard InChI is InChI=1S/C26H48O4Si/c1-18(12-10-17-26(6)22(27)28-23(29-26)24(2,3)4)19-14-15-20-21(30-31(7,8)9)13-11-16-25(19,20)5/h18-21,23H,10-17H2,1-9H3/t18?,19-,20?,21-,23-,25-,26-/m1/s1. The van der Waals surface area contributed by atoms with Crippen molar-refractivity contribution in [2.75, 3.05) is 0 Å². The van der Waals surface area contributed by atoms with Crippen LogP contribution >= 0.6 is 0 Å². The minimum Gasteiger partial charge on any atom is -0.433 e. The van der Waals surface area contributed by atoms with Crippen LogP contribution in [0.15, 0.2) is 0 Å². The van der Waals surface area contributed by atoms with E-state index < -0.39 is 20.2 Å². The number of carbonyl (C=O) groups excluding carboxylic acids is 1. The van der Waals surface area contributed by atoms with Crippen molar-refractivity contribution in [1.82, 2.24) is 0 Å². The Labute approximate surface area is 192 Å². The molecule has 0 amide bonds. The van der Waals surface area contributed by atoms with Gasteiger partial charge in [0, 0.05) is 11.5 Å². The van der Waals surface area contributed by atoms with Crippen LogP contribution in [0.5, 0.6) is 0 Å². The molecule has 180 valence electrons. The number of rotatable bonds is 7. The van der Waals surface area contributed by atoms with Crippen LogP contribution < -0.4 is 0 Å². The molecule has 3 fully saturated rings. The highest BCUT2D eigenvalue weighted by Crippen LogP contribution is 2.59. The smallest absolute Gasteiger partial charge is 0.340 e. The predicted octanol–water partition coefficient (Wildman–Crippen LogP) is 6.93. The molecule has 1 saturated heterocycles. The van der Waals surface area contributed by atoms with Crippen LogP contribution in [0, 0.1) is 28.6 Å². The topological polar surface area (TPSA) is 44.8 Å². The van der Waals surface area contributed by atoms with Gasteiger partial charge in [-0.2, -0.15) is 0 Å². The first kappa shape index (κ1) is 25.2. The molecular formula is C26H48O4Si. The Morgan fingerprint density at radius 3 is 2.42 bits per heavy atom. The number of cyclic esters (lactones) is 1. The molecule has 0 aromatic heterocycles. The molecule has 0 aromatic carbocycles. The maximum atomic E-state index is 12.5. The first-order valence-corrected chi connectivity index (χ1v) is 16.1. The number of hydrogen-bond acceptors (Lipinski definition) is 4. The summed E-state index contributed by atoms with van der Waals surface area (Å²) >= 11 is 0. The summed E-state index contributed by atoms with van der Waals surface area (Å²) in [5, 5.41) is 0. The first-order valence-electron chi connectivity index (χ1n) is 12.7. The van der Waals surface area contributed by atoms with Crippen LogP contribution in [-0.4, -0.2) is 32.3 Å². The molecule has 2 saturated carbocycles. The summed E-state index contributed by atoms with van der Waals surface area (Å²) in [7, 11) is -1.51. The maximum Gasteiger partial charge on any atom is 0.340 e. The van der Waals surface area contributed by atoms with Crippen LogP contribution in [0.4, 0.5) is 0 Å². The molecule has 0 N–H and O–H groups in total. The Balaban J connectivity index is 1.57. The van der Waals surface area contributed by atoms with Crippen molar-refractivity contribution in [3.63, 3.8) is 0 Å². The second kappa shape index (κ2) is 8.75. The Kier molecular flexibility index (Phi) is 7.13. The van der Waals surface area contributed by atoms with Gasteiger partial charge in [0.25, 0.3) is 0 Å². The molecule has 0 radical (unpaired) electrons. The molecule has 1 heterocycles. The van der Waals surface area contributed by atoms with E-state index in [4.69, 9.17) is 13.9 Å². The van der Waals surface area contributed by atoms with E-state index in [1.54, 1.807) is 0 Å². The molecular weight excluding hydrogens is 404 g/mol. The summed E-state index contributed by atoms with van der Waals surface area (Å²) < 4.78 is 18.3. The molecule has 7 atom stereocenters. The van der Waals surface area contributed by atoms with E-state index in [0.29, 0.717) is 17.4 Å². The van der Waals surface area contributed by atoms with E-state index in [1.165, 1.54) is 32.1 Å². The molecule has 2 unspecified atom stereocenters. The van der Waals surface area contributed by atoms with Gasteiger partial charge >= 0.3 is 5.97 Å². The number of esters is 1. The Bertz CT molecular complexity index is 651. The van der Waals surface area contributed by atoms with Crippen molar-refractivity contribution >= 4 is 14.3 Å². The van der Waals surface area contributed by atoms with Crippen LogP contribution in [0.25, 0.3) is 0 Å². The molecule has 31 heavy (non-hydrogen) atoms. The van der Waals surface area contributed by atoms with Gasteiger partial charge in [-0.3, -0.25) is 0 Å². The lowest BCUT2D eigenvalue weighted by Gasteiger charge is -2.48. The van der Waals surface area contributed by atoms with Gasteiger partial charge in [0.15, 0.2) is 13.9 Å². The van der Waals surface area contributed by atoms with E-state index >= 15 is 0 Å². The summed E-state index contributed by atoms with van der Waals surface area (Å²) in [5.74, 6) is 1.96. The van der Waals surface area contributed by atoms with Crippen LogP contribution in [0.2, 0.25) is 19.6 Å². The molecule has 0 spiro atoms. The monoisotopic (exact) mass is 452 g/mol. The van der Waals surface area contributed by atoms with Gasteiger partial charge < -0.3 is 13.9 Å². The van der Waals surface area contributed by atoms with Gasteiger partial charge in [-0.15, -0.1) is 0 Å². The highest BCUT2D eigenvalue weighted by molar-refractivity contribution is 6.69. The van der Waals surface area contributed by atoms with E-state index in [2.05, 4.69) is 54.3 Å². The SMILES string of the molecule is CC(CCC[C@@]1(C)O[C@H](C(C)(C)C)OC1=O)[C@H]1CCC2[C@H](O[Si](C)(C)C)CCC[C@@]21C. The van der Waals surface area contributed by atoms with Crippen molar-refractivity contribution in [3.8, 4) is 0 Å². The van der Waals surface area contributed by atoms with Gasteiger partial charge in [0.05, 0.1) is 0 Å². The van der Waals surface area contributed by atoms with E-state index in [9.17, 15) is 4.79 Å². The summed E-state index contributed by atoms with van der Waals surface area (Å²) in [4.78, 5) is 12.5. The average molecular weight is 453 g/mol. The Hall–Kier alpha value is -0.393. The summed E-state index contributed by atoms with van der Waals surface area (Å²) in [6.07, 6.45) is 9.48. The van der Waals surface area contributed by atoms with Crippen LogP contribution in [0.3, 0.4) is 0 Å². The molecule has 4 nitrogen and oxygen atoms in total.